The van der Waals surface area contributed by atoms with Gasteiger partial charge in [-0.1, -0.05) is 45.3 Å². The Morgan fingerprint density at radius 3 is 2.41 bits per heavy atom. The Labute approximate surface area is 214 Å². The van der Waals surface area contributed by atoms with Crippen molar-refractivity contribution in [2.75, 3.05) is 32.7 Å². The molecule has 0 bridgehead atoms. The SMILES string of the molecule is C=CC1CN(C(=C)CC2CCC(CCCCC3CCN(C(C)NCC(Cl)CC)CC3)CC2F)C1. The molecule has 0 radical (unpaired) electrons. The topological polar surface area (TPSA) is 18.5 Å². The molecule has 5 unspecified atom stereocenters. The van der Waals surface area contributed by atoms with Gasteiger partial charge in [0.05, 0.1) is 6.17 Å². The Balaban J connectivity index is 1.22. The number of nitrogens with one attached hydrogen (secondary N) is 1. The molecule has 0 spiro atoms. The van der Waals surface area contributed by atoms with Gasteiger partial charge in [0.2, 0.25) is 0 Å². The fourth-order valence-corrected chi connectivity index (χ4v) is 6.26. The van der Waals surface area contributed by atoms with Gasteiger partial charge < -0.3 is 10.2 Å². The number of hydrogen-bond acceptors (Lipinski definition) is 3. The third kappa shape index (κ3) is 8.52. The van der Waals surface area contributed by atoms with E-state index < -0.39 is 6.17 Å². The second kappa shape index (κ2) is 14.2. The number of likely N-dealkylation sites (tertiary alicyclic amines) is 2. The van der Waals surface area contributed by atoms with Crippen LogP contribution in [0.2, 0.25) is 0 Å². The summed E-state index contributed by atoms with van der Waals surface area (Å²) < 4.78 is 14.9. The molecule has 0 amide bonds. The van der Waals surface area contributed by atoms with Crippen LogP contribution in [0.25, 0.3) is 0 Å². The van der Waals surface area contributed by atoms with Crippen LogP contribution in [0.5, 0.6) is 0 Å². The molecule has 34 heavy (non-hydrogen) atoms. The Morgan fingerprint density at radius 1 is 1.12 bits per heavy atom. The van der Waals surface area contributed by atoms with Crippen LogP contribution in [0.3, 0.4) is 0 Å². The minimum absolute atomic E-state index is 0.186. The van der Waals surface area contributed by atoms with E-state index in [0.717, 1.165) is 56.9 Å². The minimum Gasteiger partial charge on any atom is -0.374 e. The summed E-state index contributed by atoms with van der Waals surface area (Å²) in [4.78, 5) is 4.89. The van der Waals surface area contributed by atoms with E-state index in [1.165, 1.54) is 58.0 Å². The summed E-state index contributed by atoms with van der Waals surface area (Å²) in [7, 11) is 0. The van der Waals surface area contributed by atoms with Gasteiger partial charge in [-0.15, -0.1) is 18.2 Å². The van der Waals surface area contributed by atoms with E-state index in [1.807, 2.05) is 6.08 Å². The molecule has 5 heteroatoms. The molecule has 1 aliphatic carbocycles. The summed E-state index contributed by atoms with van der Waals surface area (Å²) >= 11 is 6.25. The van der Waals surface area contributed by atoms with Crippen molar-refractivity contribution in [3.63, 3.8) is 0 Å². The van der Waals surface area contributed by atoms with E-state index in [-0.39, 0.29) is 11.3 Å². The Hall–Kier alpha value is -0.580. The van der Waals surface area contributed by atoms with Gasteiger partial charge in [0.1, 0.15) is 6.17 Å². The maximum absolute atomic E-state index is 14.9. The molecular weight excluding hydrogens is 445 g/mol. The number of nitrogens with zero attached hydrogens (tertiary/aromatic N) is 2. The van der Waals surface area contributed by atoms with Crippen LogP contribution in [0.1, 0.15) is 84.5 Å². The standard InChI is InChI=1S/C29H51ClFN3/c1-5-24-20-34(21-24)22(3)17-27-12-11-26(18-29(27)31)10-8-7-9-25-13-15-33(16-14-25)23(4)32-19-28(30)6-2/h5,23-29,32H,1,3,6-21H2,2,4H3. The number of allylic oxidation sites excluding steroid dienone is 1. The third-order valence-corrected chi connectivity index (χ3v) is 9.42. The molecule has 3 fully saturated rings. The first-order chi connectivity index (χ1) is 16.4. The molecule has 1 N–H and O–H groups in total. The molecular formula is C29H51ClFN3. The van der Waals surface area contributed by atoms with Gasteiger partial charge in [0, 0.05) is 36.6 Å². The van der Waals surface area contributed by atoms with Crippen LogP contribution in [-0.2, 0) is 0 Å². The molecule has 0 aromatic heterocycles. The van der Waals surface area contributed by atoms with Gasteiger partial charge in [-0.05, 0) is 82.7 Å². The van der Waals surface area contributed by atoms with Gasteiger partial charge in [0.15, 0.2) is 0 Å². The average molecular weight is 496 g/mol. The number of rotatable bonds is 14. The predicted octanol–water partition coefficient (Wildman–Crippen LogP) is 6.99. The molecule has 2 saturated heterocycles. The summed E-state index contributed by atoms with van der Waals surface area (Å²) in [6, 6.07) is 0. The summed E-state index contributed by atoms with van der Waals surface area (Å²) in [6.45, 7) is 17.9. The highest BCUT2D eigenvalue weighted by Crippen LogP contribution is 2.38. The van der Waals surface area contributed by atoms with Crippen molar-refractivity contribution in [2.45, 2.75) is 102 Å². The Kier molecular flexibility index (Phi) is 11.7. The zero-order valence-electron chi connectivity index (χ0n) is 22.0. The van der Waals surface area contributed by atoms with Crippen molar-refractivity contribution in [3.8, 4) is 0 Å². The van der Waals surface area contributed by atoms with E-state index in [0.29, 0.717) is 18.0 Å². The van der Waals surface area contributed by atoms with Crippen LogP contribution in [0.15, 0.2) is 24.9 Å². The first kappa shape index (κ1) is 28.0. The second-order valence-electron chi connectivity index (χ2n) is 11.5. The van der Waals surface area contributed by atoms with Crippen molar-refractivity contribution < 1.29 is 4.39 Å². The Morgan fingerprint density at radius 2 is 1.79 bits per heavy atom. The number of piperidine rings is 1. The summed E-state index contributed by atoms with van der Waals surface area (Å²) in [5, 5.41) is 3.83. The number of hydrogen-bond donors (Lipinski definition) is 1. The smallest absolute Gasteiger partial charge is 0.104 e. The maximum atomic E-state index is 14.9. The first-order valence-corrected chi connectivity index (χ1v) is 14.6. The Bertz CT molecular complexity index is 614. The lowest BCUT2D eigenvalue weighted by molar-refractivity contribution is 0.101. The number of unbranched alkanes of at least 4 members (excludes halogenated alkanes) is 1. The summed E-state index contributed by atoms with van der Waals surface area (Å²) in [5.41, 5.74) is 1.14. The van der Waals surface area contributed by atoms with Crippen molar-refractivity contribution >= 4 is 11.6 Å². The van der Waals surface area contributed by atoms with Crippen LogP contribution in [-0.4, -0.2) is 60.2 Å². The monoisotopic (exact) mass is 495 g/mol. The van der Waals surface area contributed by atoms with Crippen molar-refractivity contribution in [3.05, 3.63) is 24.9 Å². The van der Waals surface area contributed by atoms with Gasteiger partial charge in [-0.2, -0.15) is 0 Å². The lowest BCUT2D eigenvalue weighted by Gasteiger charge is -2.42. The normalized spacial score (nSPS) is 28.9. The van der Waals surface area contributed by atoms with Gasteiger partial charge in [-0.3, -0.25) is 4.90 Å². The lowest BCUT2D eigenvalue weighted by atomic mass is 9.76. The summed E-state index contributed by atoms with van der Waals surface area (Å²) in [6.07, 6.45) is 14.5. The zero-order valence-corrected chi connectivity index (χ0v) is 22.8. The third-order valence-electron chi connectivity index (χ3n) is 8.95. The van der Waals surface area contributed by atoms with Gasteiger partial charge in [-0.25, -0.2) is 4.39 Å². The van der Waals surface area contributed by atoms with E-state index in [4.69, 9.17) is 11.6 Å². The van der Waals surface area contributed by atoms with E-state index >= 15 is 0 Å². The molecule has 3 rings (SSSR count). The number of halogens is 2. The molecule has 3 aliphatic rings. The first-order valence-electron chi connectivity index (χ1n) is 14.2. The molecule has 1 saturated carbocycles. The van der Waals surface area contributed by atoms with Crippen molar-refractivity contribution in [2.24, 2.45) is 23.7 Å². The highest BCUT2D eigenvalue weighted by Gasteiger charge is 2.33. The predicted molar refractivity (Wildman–Crippen MR) is 145 cm³/mol. The molecule has 2 aliphatic heterocycles. The zero-order chi connectivity index (χ0) is 24.5. The lowest BCUT2D eigenvalue weighted by Crippen LogP contribution is -2.48. The maximum Gasteiger partial charge on any atom is 0.104 e. The number of alkyl halides is 2. The fourth-order valence-electron chi connectivity index (χ4n) is 6.17. The quantitative estimate of drug-likeness (QED) is 0.159. The summed E-state index contributed by atoms with van der Waals surface area (Å²) in [5.74, 6) is 2.25. The van der Waals surface area contributed by atoms with Crippen LogP contribution < -0.4 is 5.32 Å². The fraction of sp³-hybridized carbons (Fsp3) is 0.862. The molecule has 5 atom stereocenters. The van der Waals surface area contributed by atoms with E-state index in [9.17, 15) is 4.39 Å². The molecule has 3 nitrogen and oxygen atoms in total. The molecule has 2 heterocycles. The van der Waals surface area contributed by atoms with Gasteiger partial charge >= 0.3 is 0 Å². The minimum atomic E-state index is -0.640. The molecule has 0 aromatic carbocycles. The second-order valence-corrected chi connectivity index (χ2v) is 12.1. The highest BCUT2D eigenvalue weighted by molar-refractivity contribution is 6.20. The largest absolute Gasteiger partial charge is 0.374 e. The highest BCUT2D eigenvalue weighted by atomic mass is 35.5. The van der Waals surface area contributed by atoms with Gasteiger partial charge in [0.25, 0.3) is 0 Å². The van der Waals surface area contributed by atoms with E-state index in [2.05, 4.69) is 42.1 Å². The van der Waals surface area contributed by atoms with Crippen molar-refractivity contribution in [1.29, 1.82) is 0 Å². The van der Waals surface area contributed by atoms with Crippen LogP contribution in [0.4, 0.5) is 4.39 Å². The average Bonchev–Trinajstić information content (AvgIpc) is 2.81. The van der Waals surface area contributed by atoms with Crippen LogP contribution in [0, 0.1) is 23.7 Å². The molecule has 196 valence electrons. The molecule has 0 aromatic rings. The van der Waals surface area contributed by atoms with Crippen LogP contribution >= 0.6 is 11.6 Å². The van der Waals surface area contributed by atoms with Crippen molar-refractivity contribution in [1.82, 2.24) is 15.1 Å². The van der Waals surface area contributed by atoms with E-state index in [1.54, 1.807) is 0 Å².